The van der Waals surface area contributed by atoms with E-state index in [0.717, 1.165) is 19.5 Å². The summed E-state index contributed by atoms with van der Waals surface area (Å²) in [6.07, 6.45) is 5.66. The highest BCUT2D eigenvalue weighted by Gasteiger charge is 2.16. The van der Waals surface area contributed by atoms with Crippen LogP contribution in [0.3, 0.4) is 0 Å². The minimum Gasteiger partial charge on any atom is -0.392 e. The van der Waals surface area contributed by atoms with Crippen LogP contribution >= 0.6 is 12.4 Å². The summed E-state index contributed by atoms with van der Waals surface area (Å²) < 4.78 is 0. The van der Waals surface area contributed by atoms with Crippen LogP contribution in [-0.2, 0) is 19.4 Å². The van der Waals surface area contributed by atoms with Gasteiger partial charge in [-0.15, -0.1) is 12.4 Å². The summed E-state index contributed by atoms with van der Waals surface area (Å²) in [5.74, 6) is 0. The Kier molecular flexibility index (Phi) is 6.46. The van der Waals surface area contributed by atoms with Crippen molar-refractivity contribution in [2.24, 2.45) is 0 Å². The van der Waals surface area contributed by atoms with Crippen molar-refractivity contribution in [3.63, 3.8) is 0 Å². The minimum absolute atomic E-state index is 0. The number of fused-ring (bicyclic) bond motifs is 3. The van der Waals surface area contributed by atoms with Gasteiger partial charge in [0, 0.05) is 13.1 Å². The summed E-state index contributed by atoms with van der Waals surface area (Å²) in [5.41, 5.74) is 4.52. The molecule has 1 aliphatic rings. The molecule has 0 bridgehead atoms. The maximum absolute atomic E-state index is 9.87. The van der Waals surface area contributed by atoms with Crippen LogP contribution < -0.4 is 0 Å². The summed E-state index contributed by atoms with van der Waals surface area (Å²) in [6, 6.07) is 11.3. The number of rotatable bonds is 5. The molecule has 1 N–H and O–H groups in total. The Bertz CT molecular complexity index is 655. The molecule has 1 aliphatic carbocycles. The maximum Gasteiger partial charge on any atom is 0.0664 e. The van der Waals surface area contributed by atoms with E-state index < -0.39 is 0 Å². The van der Waals surface area contributed by atoms with Gasteiger partial charge in [0.2, 0.25) is 0 Å². The van der Waals surface area contributed by atoms with Gasteiger partial charge in [0.1, 0.15) is 0 Å². The number of hydrogen-bond donors (Lipinski definition) is 1. The zero-order valence-electron chi connectivity index (χ0n) is 14.2. The van der Waals surface area contributed by atoms with Gasteiger partial charge in [-0.05, 0) is 66.6 Å². The molecule has 1 atom stereocenters. The third-order valence-corrected chi connectivity index (χ3v) is 4.89. The van der Waals surface area contributed by atoms with Crippen LogP contribution in [0.5, 0.6) is 0 Å². The maximum atomic E-state index is 9.87. The average Bonchev–Trinajstić information content (AvgIpc) is 2.55. The molecule has 0 aromatic heterocycles. The molecule has 3 rings (SSSR count). The number of aryl methyl sites for hydroxylation is 2. The first-order chi connectivity index (χ1) is 10.7. The van der Waals surface area contributed by atoms with E-state index >= 15 is 0 Å². The summed E-state index contributed by atoms with van der Waals surface area (Å²) >= 11 is 0. The molecule has 0 radical (unpaired) electrons. The van der Waals surface area contributed by atoms with Crippen molar-refractivity contribution in [2.45, 2.75) is 51.7 Å². The lowest BCUT2D eigenvalue weighted by Crippen LogP contribution is -2.28. The molecule has 2 aromatic rings. The average molecular weight is 334 g/mol. The van der Waals surface area contributed by atoms with Gasteiger partial charge >= 0.3 is 0 Å². The van der Waals surface area contributed by atoms with E-state index in [0.29, 0.717) is 0 Å². The van der Waals surface area contributed by atoms with Gasteiger partial charge in [0.25, 0.3) is 0 Å². The molecular weight excluding hydrogens is 306 g/mol. The quantitative estimate of drug-likeness (QED) is 0.879. The highest BCUT2D eigenvalue weighted by Crippen LogP contribution is 2.32. The Hall–Kier alpha value is -1.09. The molecule has 23 heavy (non-hydrogen) atoms. The first-order valence-electron chi connectivity index (χ1n) is 8.58. The first kappa shape index (κ1) is 18.3. The molecule has 0 amide bonds. The summed E-state index contributed by atoms with van der Waals surface area (Å²) in [7, 11) is 2.10. The Morgan fingerprint density at radius 2 is 1.83 bits per heavy atom. The number of aliphatic hydroxyl groups is 1. The van der Waals surface area contributed by atoms with Crippen LogP contribution in [-0.4, -0.2) is 29.7 Å². The third-order valence-electron chi connectivity index (χ3n) is 4.89. The summed E-state index contributed by atoms with van der Waals surface area (Å²) in [6.45, 7) is 3.68. The lowest BCUT2D eigenvalue weighted by molar-refractivity contribution is 0.119. The van der Waals surface area contributed by atoms with Gasteiger partial charge in [0.05, 0.1) is 6.10 Å². The zero-order valence-corrected chi connectivity index (χ0v) is 15.0. The monoisotopic (exact) mass is 333 g/mol. The van der Waals surface area contributed by atoms with Crippen molar-refractivity contribution < 1.29 is 5.11 Å². The van der Waals surface area contributed by atoms with Crippen LogP contribution in [0.1, 0.15) is 42.9 Å². The van der Waals surface area contributed by atoms with Crippen molar-refractivity contribution in [3.8, 4) is 0 Å². The van der Waals surface area contributed by atoms with Crippen molar-refractivity contribution in [1.82, 2.24) is 4.90 Å². The zero-order chi connectivity index (χ0) is 15.5. The van der Waals surface area contributed by atoms with Crippen LogP contribution in [0.25, 0.3) is 10.8 Å². The highest BCUT2D eigenvalue weighted by atomic mass is 35.5. The number of hydrogen-bond acceptors (Lipinski definition) is 2. The fraction of sp³-hybridized carbons (Fsp3) is 0.500. The SMILES string of the molecule is CCC(O)CN(C)Cc1cc2c(c3ccccc13)CCCC2.Cl. The molecule has 0 heterocycles. The van der Waals surface area contributed by atoms with Crippen molar-refractivity contribution in [3.05, 3.63) is 47.0 Å². The van der Waals surface area contributed by atoms with E-state index in [4.69, 9.17) is 0 Å². The van der Waals surface area contributed by atoms with E-state index in [1.165, 1.54) is 42.0 Å². The first-order valence-corrected chi connectivity index (χ1v) is 8.58. The Balaban J connectivity index is 0.00000192. The summed E-state index contributed by atoms with van der Waals surface area (Å²) in [4.78, 5) is 2.24. The normalized spacial score (nSPS) is 15.3. The molecule has 0 spiro atoms. The predicted molar refractivity (Wildman–Crippen MR) is 100 cm³/mol. The van der Waals surface area contributed by atoms with Crippen LogP contribution in [0, 0.1) is 0 Å². The fourth-order valence-corrected chi connectivity index (χ4v) is 3.68. The highest BCUT2D eigenvalue weighted by molar-refractivity contribution is 5.90. The second-order valence-corrected chi connectivity index (χ2v) is 6.68. The molecule has 0 aliphatic heterocycles. The Labute approximate surface area is 145 Å². The molecule has 0 saturated carbocycles. The standard InChI is InChI=1S/C20H27NO.ClH/c1-3-17(22)14-21(2)13-16-12-15-8-4-5-9-18(15)20-11-7-6-10-19(16)20;/h6-7,10-12,17,22H,3-5,8-9,13-14H2,1-2H3;1H. The van der Waals surface area contributed by atoms with Crippen molar-refractivity contribution >= 4 is 23.2 Å². The molecule has 1 unspecified atom stereocenters. The predicted octanol–water partition coefficient (Wildman–Crippen LogP) is 4.34. The second-order valence-electron chi connectivity index (χ2n) is 6.68. The van der Waals surface area contributed by atoms with Gasteiger partial charge in [-0.1, -0.05) is 37.3 Å². The molecule has 0 fully saturated rings. The number of nitrogens with zero attached hydrogens (tertiary/aromatic N) is 1. The Morgan fingerprint density at radius 3 is 2.57 bits per heavy atom. The van der Waals surface area contributed by atoms with E-state index in [-0.39, 0.29) is 18.5 Å². The van der Waals surface area contributed by atoms with Crippen LogP contribution in [0.2, 0.25) is 0 Å². The molecular formula is C20H28ClNO. The van der Waals surface area contributed by atoms with Gasteiger partial charge in [-0.25, -0.2) is 0 Å². The van der Waals surface area contributed by atoms with Gasteiger partial charge in [-0.2, -0.15) is 0 Å². The summed E-state index contributed by atoms with van der Waals surface area (Å²) in [5, 5.41) is 12.7. The lowest BCUT2D eigenvalue weighted by Gasteiger charge is -2.24. The van der Waals surface area contributed by atoms with E-state index in [1.807, 2.05) is 6.92 Å². The van der Waals surface area contributed by atoms with Crippen molar-refractivity contribution in [2.75, 3.05) is 13.6 Å². The third kappa shape index (κ3) is 4.06. The smallest absolute Gasteiger partial charge is 0.0664 e. The number of likely N-dealkylation sites (N-methyl/N-ethyl adjacent to an activating group) is 1. The topological polar surface area (TPSA) is 23.5 Å². The van der Waals surface area contributed by atoms with E-state index in [1.54, 1.807) is 11.1 Å². The van der Waals surface area contributed by atoms with E-state index in [2.05, 4.69) is 42.3 Å². The molecule has 2 nitrogen and oxygen atoms in total. The molecule has 126 valence electrons. The van der Waals surface area contributed by atoms with Gasteiger partial charge < -0.3 is 5.11 Å². The van der Waals surface area contributed by atoms with Gasteiger partial charge in [0.15, 0.2) is 0 Å². The van der Waals surface area contributed by atoms with Crippen LogP contribution in [0.15, 0.2) is 30.3 Å². The molecule has 2 aromatic carbocycles. The van der Waals surface area contributed by atoms with Gasteiger partial charge in [-0.3, -0.25) is 4.90 Å². The van der Waals surface area contributed by atoms with Crippen LogP contribution in [0.4, 0.5) is 0 Å². The number of halogens is 1. The fourth-order valence-electron chi connectivity index (χ4n) is 3.68. The minimum atomic E-state index is -0.228. The van der Waals surface area contributed by atoms with E-state index in [9.17, 15) is 5.11 Å². The molecule has 0 saturated heterocycles. The number of aliphatic hydroxyl groups excluding tert-OH is 1. The molecule has 3 heteroatoms. The Morgan fingerprint density at radius 1 is 1.13 bits per heavy atom. The largest absolute Gasteiger partial charge is 0.392 e. The second kappa shape index (κ2) is 8.14. The number of benzene rings is 2. The van der Waals surface area contributed by atoms with Crippen molar-refractivity contribution in [1.29, 1.82) is 0 Å². The lowest BCUT2D eigenvalue weighted by atomic mass is 9.85.